The molecule has 0 aliphatic rings. The van der Waals surface area contributed by atoms with Crippen molar-refractivity contribution < 1.29 is 0 Å². The monoisotopic (exact) mass is 366 g/mol. The van der Waals surface area contributed by atoms with Crippen LogP contribution in [0.3, 0.4) is 0 Å². The molecule has 20 heavy (non-hydrogen) atoms. The highest BCUT2D eigenvalue weighted by Gasteiger charge is 2.03. The Labute approximate surface area is 134 Å². The highest BCUT2D eigenvalue weighted by atomic mass is 79.9. The number of benzene rings is 2. The summed E-state index contributed by atoms with van der Waals surface area (Å²) >= 11 is 11.0. The second-order valence-electron chi connectivity index (χ2n) is 4.43. The van der Waals surface area contributed by atoms with E-state index in [1.54, 1.807) is 11.3 Å². The number of hydrogen-bond acceptors (Lipinski definition) is 3. The number of nitrogens with one attached hydrogen (secondary N) is 1. The van der Waals surface area contributed by atoms with Crippen molar-refractivity contribution in [2.75, 3.05) is 11.9 Å². The summed E-state index contributed by atoms with van der Waals surface area (Å²) in [5.41, 5.74) is 2.30. The van der Waals surface area contributed by atoms with Crippen molar-refractivity contribution in [3.63, 3.8) is 0 Å². The zero-order valence-electron chi connectivity index (χ0n) is 10.6. The Morgan fingerprint density at radius 3 is 2.75 bits per heavy atom. The van der Waals surface area contributed by atoms with Gasteiger partial charge in [0.25, 0.3) is 0 Å². The van der Waals surface area contributed by atoms with E-state index in [-0.39, 0.29) is 0 Å². The number of aromatic nitrogens is 1. The van der Waals surface area contributed by atoms with Crippen LogP contribution in [0.15, 0.2) is 46.9 Å². The molecule has 0 atom stereocenters. The molecule has 1 N–H and O–H groups in total. The maximum absolute atomic E-state index is 5.87. The number of halogens is 2. The van der Waals surface area contributed by atoms with Crippen LogP contribution in [0, 0.1) is 0 Å². The number of hydrogen-bond donors (Lipinski definition) is 1. The first-order valence-corrected chi connectivity index (χ1v) is 8.24. The first kappa shape index (κ1) is 13.9. The predicted molar refractivity (Wildman–Crippen MR) is 91.0 cm³/mol. The predicted octanol–water partition coefficient (Wildman–Crippen LogP) is 5.37. The van der Waals surface area contributed by atoms with Crippen LogP contribution in [0.5, 0.6) is 0 Å². The van der Waals surface area contributed by atoms with Crippen molar-refractivity contribution in [1.29, 1.82) is 0 Å². The van der Waals surface area contributed by atoms with Crippen molar-refractivity contribution in [2.24, 2.45) is 0 Å². The lowest BCUT2D eigenvalue weighted by Gasteiger charge is -2.02. The molecule has 0 saturated heterocycles. The lowest BCUT2D eigenvalue weighted by Crippen LogP contribution is -2.04. The molecule has 5 heteroatoms. The fourth-order valence-electron chi connectivity index (χ4n) is 1.94. The summed E-state index contributed by atoms with van der Waals surface area (Å²) in [6, 6.07) is 14.1. The van der Waals surface area contributed by atoms with Gasteiger partial charge in [-0.05, 0) is 42.3 Å². The molecule has 0 spiro atoms. The van der Waals surface area contributed by atoms with Crippen LogP contribution in [0.2, 0.25) is 5.02 Å². The number of fused-ring (bicyclic) bond motifs is 1. The Balaban J connectivity index is 1.63. The Kier molecular flexibility index (Phi) is 4.24. The van der Waals surface area contributed by atoms with Gasteiger partial charge in [-0.3, -0.25) is 0 Å². The molecule has 3 rings (SSSR count). The van der Waals surface area contributed by atoms with Crippen LogP contribution in [0.4, 0.5) is 5.13 Å². The number of nitrogens with zero attached hydrogens (tertiary/aromatic N) is 1. The normalized spacial score (nSPS) is 10.9. The zero-order chi connectivity index (χ0) is 13.9. The van der Waals surface area contributed by atoms with E-state index >= 15 is 0 Å². The van der Waals surface area contributed by atoms with Crippen LogP contribution in [0.25, 0.3) is 10.2 Å². The summed E-state index contributed by atoms with van der Waals surface area (Å²) in [4.78, 5) is 4.58. The molecule has 0 radical (unpaired) electrons. The van der Waals surface area contributed by atoms with Gasteiger partial charge in [-0.2, -0.15) is 0 Å². The second-order valence-corrected chi connectivity index (χ2v) is 6.82. The topological polar surface area (TPSA) is 24.9 Å². The summed E-state index contributed by atoms with van der Waals surface area (Å²) < 4.78 is 2.25. The molecule has 2 nitrogen and oxygen atoms in total. The Morgan fingerprint density at radius 1 is 1.15 bits per heavy atom. The lowest BCUT2D eigenvalue weighted by atomic mass is 10.1. The van der Waals surface area contributed by atoms with Gasteiger partial charge in [0, 0.05) is 16.0 Å². The van der Waals surface area contributed by atoms with Gasteiger partial charge in [0.05, 0.1) is 10.2 Å². The molecule has 0 fully saturated rings. The van der Waals surface area contributed by atoms with E-state index in [1.165, 1.54) is 10.3 Å². The first-order chi connectivity index (χ1) is 9.70. The van der Waals surface area contributed by atoms with Gasteiger partial charge in [0.1, 0.15) is 0 Å². The van der Waals surface area contributed by atoms with E-state index in [4.69, 9.17) is 11.6 Å². The van der Waals surface area contributed by atoms with Crippen molar-refractivity contribution >= 4 is 54.2 Å². The maximum Gasteiger partial charge on any atom is 0.183 e. The van der Waals surface area contributed by atoms with E-state index < -0.39 is 0 Å². The SMILES string of the molecule is Clc1ccc(CCNc2nc3cc(Br)ccc3s2)cc1. The minimum Gasteiger partial charge on any atom is -0.361 e. The van der Waals surface area contributed by atoms with E-state index in [0.717, 1.165) is 33.1 Å². The van der Waals surface area contributed by atoms with Gasteiger partial charge in [-0.1, -0.05) is 51.0 Å². The minimum absolute atomic E-state index is 0.776. The number of rotatable bonds is 4. The van der Waals surface area contributed by atoms with Crippen LogP contribution >= 0.6 is 38.9 Å². The summed E-state index contributed by atoms with van der Waals surface area (Å²) in [6.45, 7) is 0.864. The molecule has 3 aromatic rings. The van der Waals surface area contributed by atoms with Crippen LogP contribution < -0.4 is 5.32 Å². The molecule has 2 aromatic carbocycles. The number of anilines is 1. The van der Waals surface area contributed by atoms with Gasteiger partial charge in [-0.15, -0.1) is 0 Å². The third kappa shape index (κ3) is 3.32. The smallest absolute Gasteiger partial charge is 0.183 e. The third-order valence-electron chi connectivity index (χ3n) is 2.95. The third-order valence-corrected chi connectivity index (χ3v) is 4.69. The second kappa shape index (κ2) is 6.12. The summed E-state index contributed by atoms with van der Waals surface area (Å²) in [6.07, 6.45) is 0.955. The molecule has 1 aromatic heterocycles. The summed E-state index contributed by atoms with van der Waals surface area (Å²) in [5.74, 6) is 0. The maximum atomic E-state index is 5.87. The molecule has 0 unspecified atom stereocenters. The Morgan fingerprint density at radius 2 is 1.95 bits per heavy atom. The molecule has 1 heterocycles. The molecule has 0 bridgehead atoms. The fourth-order valence-corrected chi connectivity index (χ4v) is 3.29. The molecule has 0 amide bonds. The Bertz CT molecular complexity index is 724. The van der Waals surface area contributed by atoms with Crippen molar-refractivity contribution in [3.8, 4) is 0 Å². The lowest BCUT2D eigenvalue weighted by molar-refractivity contribution is 1.02. The molecule has 0 aliphatic carbocycles. The molecule has 102 valence electrons. The quantitative estimate of drug-likeness (QED) is 0.671. The highest BCUT2D eigenvalue weighted by molar-refractivity contribution is 9.10. The average molecular weight is 368 g/mol. The molecular formula is C15H12BrClN2S. The minimum atomic E-state index is 0.776. The summed E-state index contributed by atoms with van der Waals surface area (Å²) in [7, 11) is 0. The van der Waals surface area contributed by atoms with Crippen molar-refractivity contribution in [1.82, 2.24) is 4.98 Å². The zero-order valence-corrected chi connectivity index (χ0v) is 13.7. The first-order valence-electron chi connectivity index (χ1n) is 6.25. The van der Waals surface area contributed by atoms with Crippen LogP contribution in [-0.2, 0) is 6.42 Å². The number of thiazole rings is 1. The van der Waals surface area contributed by atoms with Crippen molar-refractivity contribution in [3.05, 3.63) is 57.5 Å². The fraction of sp³-hybridized carbons (Fsp3) is 0.133. The molecule has 0 saturated carbocycles. The largest absolute Gasteiger partial charge is 0.361 e. The van der Waals surface area contributed by atoms with Gasteiger partial charge < -0.3 is 5.32 Å². The van der Waals surface area contributed by atoms with Crippen LogP contribution in [-0.4, -0.2) is 11.5 Å². The summed E-state index contributed by atoms with van der Waals surface area (Å²) in [5, 5.41) is 5.12. The van der Waals surface area contributed by atoms with E-state index in [0.29, 0.717) is 0 Å². The van der Waals surface area contributed by atoms with E-state index in [1.807, 2.05) is 24.3 Å². The van der Waals surface area contributed by atoms with Crippen LogP contribution in [0.1, 0.15) is 5.56 Å². The van der Waals surface area contributed by atoms with E-state index in [9.17, 15) is 0 Å². The van der Waals surface area contributed by atoms with Gasteiger partial charge >= 0.3 is 0 Å². The molecule has 0 aliphatic heterocycles. The molecular weight excluding hydrogens is 356 g/mol. The van der Waals surface area contributed by atoms with Gasteiger partial charge in [0.2, 0.25) is 0 Å². The highest BCUT2D eigenvalue weighted by Crippen LogP contribution is 2.28. The van der Waals surface area contributed by atoms with E-state index in [2.05, 4.69) is 44.4 Å². The average Bonchev–Trinajstić information content (AvgIpc) is 2.83. The Hall–Kier alpha value is -1.10. The van der Waals surface area contributed by atoms with Gasteiger partial charge in [-0.25, -0.2) is 4.98 Å². The van der Waals surface area contributed by atoms with Crippen molar-refractivity contribution in [2.45, 2.75) is 6.42 Å². The standard InChI is InChI=1S/C15H12BrClN2S/c16-11-3-6-14-13(9-11)19-15(20-14)18-8-7-10-1-4-12(17)5-2-10/h1-6,9H,7-8H2,(H,18,19). The van der Waals surface area contributed by atoms with Gasteiger partial charge in [0.15, 0.2) is 5.13 Å².